The van der Waals surface area contributed by atoms with Gasteiger partial charge in [0.05, 0.1) is 67.5 Å². The summed E-state index contributed by atoms with van der Waals surface area (Å²) >= 11 is 26.9. The average Bonchev–Trinajstić information content (AvgIpc) is 3.85. The number of halogens is 6. The molecule has 0 radical (unpaired) electrons. The predicted molar refractivity (Wildman–Crippen MR) is 299 cm³/mol. The van der Waals surface area contributed by atoms with Gasteiger partial charge in [-0.15, -0.1) is 21.8 Å². The van der Waals surface area contributed by atoms with Crippen molar-refractivity contribution in [1.82, 2.24) is 70.0 Å². The van der Waals surface area contributed by atoms with Gasteiger partial charge in [0.1, 0.15) is 18.5 Å². The number of aryl methyl sites for hydroxylation is 2. The molecule has 7 heterocycles. The molecule has 10 rings (SSSR count). The topological polar surface area (TPSA) is 312 Å². The largest absolute Gasteiger partial charge is 1.00 e. The number of nitrogens with one attached hydrogen (secondary N) is 2. The Morgan fingerprint density at radius 3 is 1.77 bits per heavy atom. The van der Waals surface area contributed by atoms with Crippen molar-refractivity contribution in [1.29, 1.82) is 0 Å². The van der Waals surface area contributed by atoms with Crippen molar-refractivity contribution in [2.45, 2.75) is 39.4 Å². The molecular formula is C51H47BrCl4FK2N15O8. The first-order valence-corrected chi connectivity index (χ1v) is 25.2. The third kappa shape index (κ3) is 21.8. The molecule has 23 nitrogen and oxygen atoms in total. The number of H-pyrrole nitrogens is 1. The van der Waals surface area contributed by atoms with Gasteiger partial charge < -0.3 is 32.1 Å². The van der Waals surface area contributed by atoms with E-state index < -0.39 is 19.1 Å². The van der Waals surface area contributed by atoms with E-state index in [9.17, 15) is 18.8 Å². The van der Waals surface area contributed by atoms with Crippen molar-refractivity contribution in [3.8, 4) is 0 Å². The molecule has 0 aliphatic carbocycles. The molecule has 82 heavy (non-hydrogen) atoms. The zero-order chi connectivity index (χ0) is 59.0. The number of anilines is 1. The minimum atomic E-state index is -1.00. The van der Waals surface area contributed by atoms with Crippen molar-refractivity contribution in [2.75, 3.05) is 27.1 Å². The fourth-order valence-corrected chi connectivity index (χ4v) is 8.02. The number of nitrogens with two attached hydrogens (primary N) is 1. The number of aromatic amines is 1. The number of carbonyl (C=O) groups excluding carboxylic acids is 4. The van der Waals surface area contributed by atoms with Crippen LogP contribution < -0.4 is 119 Å². The van der Waals surface area contributed by atoms with Crippen LogP contribution >= 0.6 is 62.3 Å². The maximum absolute atomic E-state index is 12.6. The van der Waals surface area contributed by atoms with Crippen molar-refractivity contribution in [3.05, 3.63) is 181 Å². The van der Waals surface area contributed by atoms with Gasteiger partial charge in [-0.3, -0.25) is 34.0 Å². The van der Waals surface area contributed by atoms with Gasteiger partial charge in [-0.2, -0.15) is 10.1 Å². The molecule has 31 heteroatoms. The van der Waals surface area contributed by atoms with Gasteiger partial charge in [0.15, 0.2) is 4.73 Å². The molecule has 0 aliphatic rings. The van der Waals surface area contributed by atoms with E-state index in [1.807, 2.05) is 86.6 Å². The number of rotatable bonds is 11. The van der Waals surface area contributed by atoms with E-state index in [1.54, 1.807) is 34.0 Å². The minimum Gasteiger partial charge on any atom is -1.00 e. The monoisotopic (exact) mass is 1310 g/mol. The van der Waals surface area contributed by atoms with Crippen LogP contribution in [0.5, 0.6) is 0 Å². The Bertz CT molecular complexity index is 3730. The molecule has 0 atom stereocenters. The molecule has 0 saturated carbocycles. The Balaban J connectivity index is 0.000000393. The number of hydrogen-bond donors (Lipinski definition) is 3. The second-order valence-electron chi connectivity index (χ2n) is 15.9. The fourth-order valence-electron chi connectivity index (χ4n) is 6.98. The number of carbonyl (C=O) groups is 4. The van der Waals surface area contributed by atoms with E-state index in [1.165, 1.54) is 26.9 Å². The second-order valence-corrected chi connectivity index (χ2v) is 18.2. The first kappa shape index (κ1) is 69.4. The van der Waals surface area contributed by atoms with Crippen LogP contribution in [0.15, 0.2) is 115 Å². The van der Waals surface area contributed by atoms with Gasteiger partial charge in [0.2, 0.25) is 11.6 Å². The number of aromatic nitrogens is 13. The number of nitrogens with zero attached hydrogens (tertiary/aromatic N) is 12. The number of benzene rings is 3. The molecule has 10 aromatic rings. The number of methoxy groups -OCH3 is 2. The van der Waals surface area contributed by atoms with Crippen LogP contribution in [0.2, 0.25) is 15.1 Å². The van der Waals surface area contributed by atoms with Crippen molar-refractivity contribution in [3.63, 3.8) is 0 Å². The SMILES string of the molecule is COC(=O)c1ncn(Cc2ccc3ncc(Cl)cc3c2)n1.COC(=O)c1ncn[nH]1.Cc1cc(N)nc(C)c1CNC(=O)c1nc(Br)n(Cc2ccc3ncc(Cl)cc3c2)n1.ClCc1ccc2ncc(Cl)cc2c1.O=CO[O-].[2H]CF.[H-].[K+].[K+]. The molecule has 4 N–H and O–H groups in total. The van der Waals surface area contributed by atoms with Gasteiger partial charge >= 0.3 is 115 Å². The number of ether oxygens (including phenoxy) is 2. The normalized spacial score (nSPS) is 10.1. The van der Waals surface area contributed by atoms with Crippen molar-refractivity contribution >= 4 is 125 Å². The molecule has 0 spiro atoms. The van der Waals surface area contributed by atoms with Gasteiger partial charge in [-0.05, 0) is 118 Å². The van der Waals surface area contributed by atoms with Gasteiger partial charge in [-0.1, -0.05) is 53.0 Å². The summed E-state index contributed by atoms with van der Waals surface area (Å²) in [5.41, 5.74) is 14.2. The van der Waals surface area contributed by atoms with Crippen LogP contribution in [0.4, 0.5) is 10.2 Å². The van der Waals surface area contributed by atoms with E-state index in [2.05, 4.69) is 90.9 Å². The summed E-state index contributed by atoms with van der Waals surface area (Å²) in [6.07, 6.45) is 7.61. The van der Waals surface area contributed by atoms with E-state index in [0.717, 1.165) is 66.2 Å². The Hall–Kier alpha value is -5.06. The number of fused-ring (bicyclic) bond motifs is 3. The predicted octanol–water partition coefficient (Wildman–Crippen LogP) is 2.49. The molecule has 0 fully saturated rings. The smallest absolute Gasteiger partial charge is 1.00 e. The maximum Gasteiger partial charge on any atom is 1.00 e. The fraction of sp³-hybridized carbons (Fsp3) is 0.176. The Labute approximate surface area is 583 Å². The summed E-state index contributed by atoms with van der Waals surface area (Å²) < 4.78 is 28.0. The summed E-state index contributed by atoms with van der Waals surface area (Å²) in [5.74, 6) is -0.208. The summed E-state index contributed by atoms with van der Waals surface area (Å²) in [4.78, 5) is 74.3. The summed E-state index contributed by atoms with van der Waals surface area (Å²) in [7, 11) is 1.58. The standard InChI is InChI=1S/C21H19BrClN7O.C14H11ClN4O2.C10H7Cl2N.C4H5N3O2.CH3F.CH2O3.2K.H/c1-11-5-18(24)27-12(2)16(11)9-26-20(31)19-28-21(22)30(29-19)10-13-3-4-17-14(6-13)7-15(23)8-25-17;1-21-14(20)13-17-8-19(18-13)7-9-2-3-12-10(4-9)5-11(15)6-16-12;11-5-7-1-2-10-8(3-7)4-9(12)6-13-10;1-9-4(8)3-5-2-6-7-3;1-2;2-1-4-3;;;/h3-8H,9-10H2,1-2H3,(H2,24,27)(H,26,31);2-6,8H,7H2,1H3;1-4,6H,5H2;2H,1H3,(H,5,6,7);1H3;1,3H;;;/q;;;;;;2*+1;-1/p-1/i;;;;1D;;;;. The molecule has 3 aromatic carbocycles. The summed E-state index contributed by atoms with van der Waals surface area (Å²) in [6.45, 7) is 4.85. The number of pyridine rings is 4. The van der Waals surface area contributed by atoms with Crippen molar-refractivity contribution in [2.24, 2.45) is 0 Å². The molecule has 0 saturated heterocycles. The average molecular weight is 1320 g/mol. The maximum atomic E-state index is 12.6. The molecule has 0 unspecified atom stereocenters. The molecule has 7 aromatic heterocycles. The van der Waals surface area contributed by atoms with Crippen LogP contribution in [0.3, 0.4) is 0 Å². The summed E-state index contributed by atoms with van der Waals surface area (Å²) in [6, 6.07) is 25.0. The minimum absolute atomic E-state index is 0. The second kappa shape index (κ2) is 36.6. The van der Waals surface area contributed by atoms with E-state index in [4.69, 9.17) is 63.6 Å². The van der Waals surface area contributed by atoms with Crippen LogP contribution in [0.25, 0.3) is 32.7 Å². The number of hydrogen-bond acceptors (Lipinski definition) is 19. The molecular weight excluding hydrogens is 1270 g/mol. The molecule has 0 bridgehead atoms. The number of amides is 1. The Morgan fingerprint density at radius 2 is 1.29 bits per heavy atom. The Morgan fingerprint density at radius 1 is 0.780 bits per heavy atom. The van der Waals surface area contributed by atoms with Crippen LogP contribution in [0.1, 0.15) is 68.2 Å². The van der Waals surface area contributed by atoms with Crippen LogP contribution in [-0.2, 0) is 44.7 Å². The van der Waals surface area contributed by atoms with Crippen LogP contribution in [0, 0.1) is 13.8 Å². The third-order valence-corrected chi connectivity index (χ3v) is 12.1. The summed E-state index contributed by atoms with van der Waals surface area (Å²) in [5, 5.41) is 30.2. The van der Waals surface area contributed by atoms with Crippen LogP contribution in [-0.4, -0.2) is 110 Å². The Kier molecular flexibility index (Phi) is 31.0. The van der Waals surface area contributed by atoms with E-state index in [0.29, 0.717) is 51.1 Å². The van der Waals surface area contributed by atoms with Gasteiger partial charge in [-0.25, -0.2) is 33.9 Å². The zero-order valence-electron chi connectivity index (χ0n) is 46.5. The zero-order valence-corrected chi connectivity index (χ0v) is 55.3. The molecule has 418 valence electrons. The molecule has 0 aliphatic heterocycles. The first-order valence-electron chi connectivity index (χ1n) is 23.4. The first-order chi connectivity index (χ1) is 38.9. The van der Waals surface area contributed by atoms with E-state index >= 15 is 0 Å². The quantitative estimate of drug-likeness (QED) is 0.0418. The van der Waals surface area contributed by atoms with Gasteiger partial charge in [0, 0.05) is 52.9 Å². The van der Waals surface area contributed by atoms with Gasteiger partial charge in [0.25, 0.3) is 18.2 Å². The third-order valence-electron chi connectivity index (χ3n) is 10.5. The number of alkyl halides is 2. The molecule has 1 amide bonds. The number of nitrogen functional groups attached to an aromatic ring is 1. The van der Waals surface area contributed by atoms with E-state index in [-0.39, 0.29) is 134 Å². The van der Waals surface area contributed by atoms with Crippen molar-refractivity contribution < 1.29 is 149 Å². The number of esters is 2.